The van der Waals surface area contributed by atoms with Crippen LogP contribution in [0.15, 0.2) is 182 Å². The van der Waals surface area contributed by atoms with Crippen LogP contribution < -0.4 is 34.7 Å². The fraction of sp³-hybridized carbons (Fsp3) is 0.636. The molecular weight excluding hydrogens is 1810 g/mol. The van der Waals surface area contributed by atoms with E-state index < -0.39 is 0 Å². The topological polar surface area (TPSA) is 74.6 Å². The Morgan fingerprint density at radius 2 is 0.357 bits per heavy atom. The zero-order valence-corrected chi connectivity index (χ0v) is 104. The second-order valence-electron chi connectivity index (χ2n) is 26.1. The molecule has 0 radical (unpaired) electrons. The summed E-state index contributed by atoms with van der Waals surface area (Å²) in [7, 11) is 27.1. The Morgan fingerprint density at radius 3 is 0.476 bits per heavy atom. The molecule has 866 valence electrons. The summed E-state index contributed by atoms with van der Waals surface area (Å²) in [5.74, 6) is 1.81. The third-order valence-corrected chi connectivity index (χ3v) is 15.5. The van der Waals surface area contributed by atoms with Crippen LogP contribution in [0.2, 0.25) is 0 Å². The number of rotatable bonds is 18. The first-order valence-corrected chi connectivity index (χ1v) is 55.1. The average molecular weight is 2090 g/mol. The van der Waals surface area contributed by atoms with Gasteiger partial charge in [0.15, 0.2) is 0 Å². The molecule has 0 aliphatic carbocycles. The third-order valence-electron chi connectivity index (χ3n) is 15.5. The number of para-hydroxylation sites is 8. The first-order chi connectivity index (χ1) is 64.6. The van der Waals surface area contributed by atoms with Gasteiger partial charge in [0.25, 0.3) is 5.69 Å². The molecule has 0 aliphatic rings. The Labute approximate surface area is 922 Å². The van der Waals surface area contributed by atoms with Crippen molar-refractivity contribution in [1.82, 2.24) is 0 Å². The third kappa shape index (κ3) is 126. The number of hydrogen-bond acceptors (Lipinski definition) is 9. The van der Waals surface area contributed by atoms with Crippen molar-refractivity contribution < 1.29 is 4.92 Å². The smallest absolute Gasteiger partial charge is 0.272 e. The maximum Gasteiger partial charge on any atom is 0.272 e. The number of nitro groups is 1. The van der Waals surface area contributed by atoms with Crippen molar-refractivity contribution in [3.8, 4) is 0 Å². The Hall–Kier alpha value is -7.76. The summed E-state index contributed by atoms with van der Waals surface area (Å²) in [4.78, 5) is 23.1. The first-order valence-electron chi connectivity index (χ1n) is 53.5. The molecule has 0 fully saturated rings. The molecule has 8 aromatic carbocycles. The highest BCUT2D eigenvalue weighted by molar-refractivity contribution is 9.08. The van der Waals surface area contributed by atoms with Gasteiger partial charge >= 0.3 is 0 Å². The summed E-state index contributed by atoms with van der Waals surface area (Å²) in [5, 5.41) is 13.5. The van der Waals surface area contributed by atoms with Gasteiger partial charge < -0.3 is 34.7 Å². The molecule has 0 aliphatic heterocycles. The van der Waals surface area contributed by atoms with E-state index in [1.807, 2.05) is 281 Å². The molecule has 10 nitrogen and oxygen atoms in total. The van der Waals surface area contributed by atoms with Crippen LogP contribution in [0.25, 0.3) is 0 Å². The maximum absolute atomic E-state index is 10.4. The van der Waals surface area contributed by atoms with Crippen LogP contribution in [0.3, 0.4) is 0 Å². The number of nitrogens with zero attached hydrogens (tertiary/aromatic N) is 7. The van der Waals surface area contributed by atoms with Gasteiger partial charge in [-0.2, -0.15) is 0 Å². The SMILES string of the molecule is C.C.C.C.C.C.C.C.C.CBr.CC.CC.CC.CC.CC.CC.CC.CC.CC.CC.CC.CC.CC.CC.CC.CC.CC.CC.CC(C)(C)C.CCc1cccc(CC)c1N(C)C.CCc1cccc(CC)c1N(C)C.CCc1ccccc1N(C)C.CCc1ccccc1N(C)C.CCc1ccccc1N(C)C.CCc1ccccc1N(C)C.CCc1ccccc1NC.CCc1ccccc1[N+](=O)[O-]. The van der Waals surface area contributed by atoms with Crippen LogP contribution in [0, 0.1) is 15.5 Å². The van der Waals surface area contributed by atoms with Gasteiger partial charge in [-0.3, -0.25) is 10.1 Å². The summed E-state index contributed by atoms with van der Waals surface area (Å²) in [6.07, 6.45) is 10.7. The molecule has 0 spiro atoms. The van der Waals surface area contributed by atoms with E-state index in [1.54, 1.807) is 12.1 Å². The Morgan fingerprint density at radius 1 is 0.224 bits per heavy atom. The summed E-state index contributed by atoms with van der Waals surface area (Å²) in [6, 6.07) is 62.3. The van der Waals surface area contributed by atoms with E-state index in [9.17, 15) is 10.1 Å². The van der Waals surface area contributed by atoms with E-state index in [-0.39, 0.29) is 77.5 Å². The van der Waals surface area contributed by atoms with Crippen LogP contribution in [0.4, 0.5) is 45.5 Å². The second-order valence-corrected chi connectivity index (χ2v) is 26.1. The van der Waals surface area contributed by atoms with Gasteiger partial charge in [-0.05, 0) is 156 Å². The highest BCUT2D eigenvalue weighted by atomic mass is 79.9. The number of nitrogens with one attached hydrogen (secondary N) is 1. The first kappa shape index (κ1) is 216. The Kier molecular flexibility index (Phi) is 276. The van der Waals surface area contributed by atoms with Gasteiger partial charge in [0.05, 0.1) is 4.92 Å². The zero-order valence-electron chi connectivity index (χ0n) is 103. The highest BCUT2D eigenvalue weighted by Crippen LogP contribution is 2.27. The van der Waals surface area contributed by atoms with Crippen molar-refractivity contribution in [2.24, 2.45) is 5.41 Å². The van der Waals surface area contributed by atoms with E-state index in [2.05, 4.69) is 377 Å². The number of aryl methyl sites for hydroxylation is 10. The predicted octanol–water partition coefficient (Wildman–Crippen LogP) is 46.7. The number of anilines is 7. The van der Waals surface area contributed by atoms with Crippen molar-refractivity contribution in [1.29, 1.82) is 0 Å². The molecule has 8 rings (SSSR count). The minimum Gasteiger partial charge on any atom is -0.388 e. The number of benzene rings is 8. The largest absolute Gasteiger partial charge is 0.388 e. The van der Waals surface area contributed by atoms with Gasteiger partial charge in [0, 0.05) is 143 Å². The van der Waals surface area contributed by atoms with Crippen molar-refractivity contribution in [2.75, 3.05) is 132 Å². The Balaban J connectivity index is -0.0000000361. The minimum atomic E-state index is -0.348. The van der Waals surface area contributed by atoms with Crippen LogP contribution >= 0.6 is 15.9 Å². The van der Waals surface area contributed by atoms with E-state index in [0.717, 1.165) is 63.4 Å². The lowest BCUT2D eigenvalue weighted by Gasteiger charge is -2.20. The fourth-order valence-corrected chi connectivity index (χ4v) is 10.6. The maximum atomic E-state index is 10.4. The minimum absolute atomic E-state index is 0. The standard InChI is InChI=1S/2C12H19N.4C10H15N.C9H13N.C8H9NO2.C5H12.18C2H6.CH3Br.9CH4/c2*1-5-10-8-7-9-11(6-2)12(10)13(3)4;4*1-4-9-7-5-6-8-10(9)11(2)3;1-3-8-6-4-5-7-9(8)10-2;1-2-7-5-3-4-6-8(7)9(10)11;1-5(2,3)4;19*1-2;;;;;;;;;/h2*7-9H,5-6H2,1-4H3;4*5-8H,4H2,1-3H3;4-7,10H,3H2,1-2H3;3-6H,2H2,1H3;1-4H3;18*1-2H3;1H3;9*1H4. The molecule has 0 aromatic heterocycles. The Bertz CT molecular complexity index is 3010. The lowest BCUT2D eigenvalue weighted by molar-refractivity contribution is -0.385. The van der Waals surface area contributed by atoms with Crippen LogP contribution in [0.1, 0.15) is 469 Å². The molecule has 11 heteroatoms. The number of halogens is 1. The average Bonchev–Trinajstić information content (AvgIpc) is 0.839. The highest BCUT2D eigenvalue weighted by Gasteiger charge is 2.11. The summed E-state index contributed by atoms with van der Waals surface area (Å²) < 4.78 is 0. The summed E-state index contributed by atoms with van der Waals surface area (Å²) >= 11 is 2.94. The molecule has 0 unspecified atom stereocenters. The van der Waals surface area contributed by atoms with E-state index in [0.29, 0.717) is 11.8 Å². The van der Waals surface area contributed by atoms with Crippen LogP contribution in [0.5, 0.6) is 0 Å². The number of alkyl halides is 1. The van der Waals surface area contributed by atoms with Crippen molar-refractivity contribution in [3.63, 3.8) is 0 Å². The van der Waals surface area contributed by atoms with Crippen molar-refractivity contribution in [3.05, 3.63) is 248 Å². The van der Waals surface area contributed by atoms with Crippen LogP contribution in [-0.2, 0) is 64.2 Å². The number of nitro benzene ring substituents is 1. The van der Waals surface area contributed by atoms with Gasteiger partial charge in [0.1, 0.15) is 0 Å². The molecular formula is C132H279BrN8O2. The molecule has 143 heavy (non-hydrogen) atoms. The monoisotopic (exact) mass is 2090 g/mol. The van der Waals surface area contributed by atoms with Crippen LogP contribution in [-0.4, -0.2) is 102 Å². The summed E-state index contributed by atoms with van der Waals surface area (Å²) in [6.45, 7) is 102. The normalized spacial score (nSPS) is 7.45. The quantitative estimate of drug-likeness (QED) is 0.0514. The molecule has 0 bridgehead atoms. The molecule has 1 N–H and O–H groups in total. The number of hydrogen-bond donors (Lipinski definition) is 1. The molecule has 0 atom stereocenters. The molecule has 0 saturated heterocycles. The lowest BCUT2D eigenvalue weighted by Crippen LogP contribution is -2.13. The van der Waals surface area contributed by atoms with Gasteiger partial charge in [-0.25, -0.2) is 0 Å². The van der Waals surface area contributed by atoms with E-state index in [1.165, 1.54) is 95.9 Å². The fourth-order valence-electron chi connectivity index (χ4n) is 10.6. The van der Waals surface area contributed by atoms with Gasteiger partial charge in [-0.15, -0.1) is 0 Å². The second kappa shape index (κ2) is 183. The van der Waals surface area contributed by atoms with E-state index in [4.69, 9.17) is 0 Å². The van der Waals surface area contributed by atoms with Crippen molar-refractivity contribution >= 4 is 61.4 Å². The zero-order chi connectivity index (χ0) is 111. The predicted molar refractivity (Wildman–Crippen MR) is 712 cm³/mol. The van der Waals surface area contributed by atoms with Gasteiger partial charge in [0.2, 0.25) is 0 Å². The van der Waals surface area contributed by atoms with Gasteiger partial charge in [-0.1, -0.05) is 575 Å². The molecule has 0 saturated carbocycles. The lowest BCUT2D eigenvalue weighted by atomic mass is 10.0. The molecule has 0 amide bonds. The molecule has 0 heterocycles. The molecule has 8 aromatic rings. The van der Waals surface area contributed by atoms with Crippen molar-refractivity contribution in [2.45, 2.75) is 477 Å². The van der Waals surface area contributed by atoms with E-state index >= 15 is 0 Å². The summed E-state index contributed by atoms with van der Waals surface area (Å²) in [5.41, 5.74) is 23.7.